The monoisotopic (exact) mass is 315 g/mol. The summed E-state index contributed by atoms with van der Waals surface area (Å²) in [6.45, 7) is 0. The summed E-state index contributed by atoms with van der Waals surface area (Å²) in [7, 11) is 0. The zero-order chi connectivity index (χ0) is 16.6. The van der Waals surface area contributed by atoms with Gasteiger partial charge in [-0.05, 0) is 12.1 Å². The third-order valence-electron chi connectivity index (χ3n) is 4.21. The van der Waals surface area contributed by atoms with E-state index < -0.39 is 5.66 Å². The Morgan fingerprint density at radius 3 is 2.58 bits per heavy atom. The minimum Gasteiger partial charge on any atom is -0.397 e. The van der Waals surface area contributed by atoms with Crippen LogP contribution < -0.4 is 16.8 Å². The van der Waals surface area contributed by atoms with E-state index in [9.17, 15) is 0 Å². The number of nitrogens with one attached hydrogen (secondary N) is 1. The quantitative estimate of drug-likeness (QED) is 0.676. The summed E-state index contributed by atoms with van der Waals surface area (Å²) in [5.74, 6) is 0.675. The van der Waals surface area contributed by atoms with Gasteiger partial charge in [-0.1, -0.05) is 48.5 Å². The lowest BCUT2D eigenvalue weighted by Gasteiger charge is -2.31. The number of rotatable bonds is 2. The summed E-state index contributed by atoms with van der Waals surface area (Å²) >= 11 is 0. The molecule has 0 saturated carbocycles. The number of pyridine rings is 1. The molecule has 0 bridgehead atoms. The Labute approximate surface area is 139 Å². The summed E-state index contributed by atoms with van der Waals surface area (Å²) in [5, 5.41) is 4.17. The number of nitrogens with zero attached hydrogens (tertiary/aromatic N) is 2. The number of fused-ring (bicyclic) bond motifs is 1. The highest BCUT2D eigenvalue weighted by Gasteiger charge is 2.33. The van der Waals surface area contributed by atoms with E-state index in [0.717, 1.165) is 22.0 Å². The van der Waals surface area contributed by atoms with Crippen molar-refractivity contribution in [2.24, 2.45) is 16.5 Å². The number of amidine groups is 1. The molecule has 2 aromatic carbocycles. The first-order valence-electron chi connectivity index (χ1n) is 7.69. The molecule has 0 amide bonds. The number of hydrogen-bond acceptors (Lipinski definition) is 5. The molecule has 5 N–H and O–H groups in total. The van der Waals surface area contributed by atoms with Gasteiger partial charge in [0.05, 0.1) is 11.2 Å². The molecule has 5 heteroatoms. The van der Waals surface area contributed by atoms with Crippen molar-refractivity contribution >= 4 is 16.7 Å². The van der Waals surface area contributed by atoms with Crippen LogP contribution in [0.5, 0.6) is 0 Å². The van der Waals surface area contributed by atoms with E-state index in [0.29, 0.717) is 11.5 Å². The first-order chi connectivity index (χ1) is 11.7. The van der Waals surface area contributed by atoms with Crippen LogP contribution in [-0.4, -0.2) is 10.8 Å². The maximum absolute atomic E-state index is 6.56. The van der Waals surface area contributed by atoms with Crippen molar-refractivity contribution in [1.29, 1.82) is 0 Å². The molecule has 1 atom stereocenters. The van der Waals surface area contributed by atoms with Crippen molar-refractivity contribution in [3.05, 3.63) is 89.9 Å². The minimum absolute atomic E-state index is 0.468. The van der Waals surface area contributed by atoms with Crippen molar-refractivity contribution in [3.63, 3.8) is 0 Å². The first kappa shape index (κ1) is 14.4. The lowest BCUT2D eigenvalue weighted by molar-refractivity contribution is 0.536. The molecule has 1 aliphatic heterocycles. The van der Waals surface area contributed by atoms with Crippen LogP contribution >= 0.6 is 0 Å². The zero-order valence-electron chi connectivity index (χ0n) is 13.0. The molecule has 0 spiro atoms. The third kappa shape index (κ3) is 2.23. The molecule has 0 radical (unpaired) electrons. The van der Waals surface area contributed by atoms with E-state index in [-0.39, 0.29) is 0 Å². The van der Waals surface area contributed by atoms with Gasteiger partial charge in [-0.2, -0.15) is 0 Å². The SMILES string of the molecule is NC1=CNC(c2cccc3ncccc23)=NC1(N)c1ccccc1. The Balaban J connectivity index is 1.89. The summed E-state index contributed by atoms with van der Waals surface area (Å²) in [6, 6.07) is 19.5. The van der Waals surface area contributed by atoms with Gasteiger partial charge in [0, 0.05) is 28.9 Å². The van der Waals surface area contributed by atoms with Crippen LogP contribution in [0.3, 0.4) is 0 Å². The average Bonchev–Trinajstić information content (AvgIpc) is 2.64. The van der Waals surface area contributed by atoms with Gasteiger partial charge >= 0.3 is 0 Å². The normalized spacial score (nSPS) is 20.2. The summed E-state index contributed by atoms with van der Waals surface area (Å²) in [4.78, 5) is 9.14. The Kier molecular flexibility index (Phi) is 3.29. The highest BCUT2D eigenvalue weighted by Crippen LogP contribution is 2.29. The van der Waals surface area contributed by atoms with E-state index in [1.807, 2.05) is 60.7 Å². The second-order valence-corrected chi connectivity index (χ2v) is 5.71. The second-order valence-electron chi connectivity index (χ2n) is 5.71. The standard InChI is InChI=1S/C19H17N5/c20-17-12-23-18(24-19(17,21)13-6-2-1-3-7-13)15-8-4-10-16-14(15)9-5-11-22-16/h1-12H,20-21H2,(H,23,24). The molecular formula is C19H17N5. The van der Waals surface area contributed by atoms with Crippen molar-refractivity contribution in [1.82, 2.24) is 10.3 Å². The molecule has 3 aromatic rings. The molecule has 0 aliphatic carbocycles. The maximum atomic E-state index is 6.56. The number of nitrogens with two attached hydrogens (primary N) is 2. The van der Waals surface area contributed by atoms with Gasteiger partial charge in [0.25, 0.3) is 0 Å². The Morgan fingerprint density at radius 1 is 0.917 bits per heavy atom. The predicted octanol–water partition coefficient (Wildman–Crippen LogP) is 2.20. The lowest BCUT2D eigenvalue weighted by atomic mass is 9.96. The molecule has 4 rings (SSSR count). The third-order valence-corrected chi connectivity index (χ3v) is 4.21. The van der Waals surface area contributed by atoms with Crippen LogP contribution in [0.1, 0.15) is 11.1 Å². The number of benzene rings is 2. The smallest absolute Gasteiger partial charge is 0.177 e. The molecule has 2 heterocycles. The van der Waals surface area contributed by atoms with Gasteiger partial charge in [0.2, 0.25) is 0 Å². The van der Waals surface area contributed by atoms with Gasteiger partial charge in [-0.3, -0.25) is 10.7 Å². The zero-order valence-corrected chi connectivity index (χ0v) is 13.0. The minimum atomic E-state index is -1.09. The van der Waals surface area contributed by atoms with E-state index in [2.05, 4.69) is 10.3 Å². The second kappa shape index (κ2) is 5.47. The molecular weight excluding hydrogens is 298 g/mol. The maximum Gasteiger partial charge on any atom is 0.177 e. The number of aromatic nitrogens is 1. The fourth-order valence-electron chi connectivity index (χ4n) is 2.90. The van der Waals surface area contributed by atoms with Crippen molar-refractivity contribution in [2.75, 3.05) is 0 Å². The molecule has 24 heavy (non-hydrogen) atoms. The van der Waals surface area contributed by atoms with Crippen LogP contribution in [0.25, 0.3) is 10.9 Å². The Morgan fingerprint density at radius 2 is 1.75 bits per heavy atom. The topological polar surface area (TPSA) is 89.3 Å². The van der Waals surface area contributed by atoms with Crippen molar-refractivity contribution < 1.29 is 0 Å². The number of hydrogen-bond donors (Lipinski definition) is 3. The van der Waals surface area contributed by atoms with Crippen LogP contribution in [0, 0.1) is 0 Å². The van der Waals surface area contributed by atoms with Gasteiger partial charge in [0.1, 0.15) is 5.84 Å². The highest BCUT2D eigenvalue weighted by molar-refractivity contribution is 6.10. The Bertz CT molecular complexity index is 956. The lowest BCUT2D eigenvalue weighted by Crippen LogP contribution is -2.46. The summed E-state index contributed by atoms with van der Waals surface area (Å²) < 4.78 is 0. The van der Waals surface area contributed by atoms with Crippen LogP contribution in [0.15, 0.2) is 83.7 Å². The van der Waals surface area contributed by atoms with Crippen LogP contribution in [-0.2, 0) is 5.66 Å². The van der Waals surface area contributed by atoms with E-state index >= 15 is 0 Å². The molecule has 1 aliphatic rings. The molecule has 1 unspecified atom stereocenters. The summed E-state index contributed by atoms with van der Waals surface area (Å²) in [5.41, 5.74) is 14.8. The largest absolute Gasteiger partial charge is 0.397 e. The van der Waals surface area contributed by atoms with Gasteiger partial charge in [0.15, 0.2) is 5.66 Å². The van der Waals surface area contributed by atoms with Crippen LogP contribution in [0.4, 0.5) is 0 Å². The predicted molar refractivity (Wildman–Crippen MR) is 96.0 cm³/mol. The molecule has 5 nitrogen and oxygen atoms in total. The Hall–Kier alpha value is -3.18. The van der Waals surface area contributed by atoms with E-state index in [4.69, 9.17) is 16.5 Å². The fourth-order valence-corrected chi connectivity index (χ4v) is 2.90. The van der Waals surface area contributed by atoms with Crippen molar-refractivity contribution in [3.8, 4) is 0 Å². The first-order valence-corrected chi connectivity index (χ1v) is 7.69. The van der Waals surface area contributed by atoms with E-state index in [1.165, 1.54) is 0 Å². The molecule has 0 saturated heterocycles. The average molecular weight is 315 g/mol. The summed E-state index contributed by atoms with van der Waals surface area (Å²) in [6.07, 6.45) is 3.49. The van der Waals surface area contributed by atoms with Gasteiger partial charge in [-0.25, -0.2) is 4.99 Å². The molecule has 118 valence electrons. The molecule has 1 aromatic heterocycles. The van der Waals surface area contributed by atoms with E-state index in [1.54, 1.807) is 12.4 Å². The highest BCUT2D eigenvalue weighted by atomic mass is 15.2. The van der Waals surface area contributed by atoms with Crippen molar-refractivity contribution in [2.45, 2.75) is 5.66 Å². The van der Waals surface area contributed by atoms with Crippen LogP contribution in [0.2, 0.25) is 0 Å². The van der Waals surface area contributed by atoms with Gasteiger partial charge < -0.3 is 11.1 Å². The fraction of sp³-hybridized carbons (Fsp3) is 0.0526. The number of aliphatic imine (C=N–C) groups is 1. The molecule has 0 fully saturated rings. The van der Waals surface area contributed by atoms with Gasteiger partial charge in [-0.15, -0.1) is 0 Å².